The summed E-state index contributed by atoms with van der Waals surface area (Å²) in [6.07, 6.45) is 1.26. The lowest BCUT2D eigenvalue weighted by Crippen LogP contribution is -2.31. The van der Waals surface area contributed by atoms with E-state index in [1.165, 1.54) is 0 Å². The Hall–Kier alpha value is -1.64. The number of benzene rings is 1. The van der Waals surface area contributed by atoms with Crippen molar-refractivity contribution in [1.29, 1.82) is 0 Å². The van der Waals surface area contributed by atoms with Gasteiger partial charge in [-0.15, -0.1) is 0 Å². The fraction of sp³-hybridized carbons (Fsp3) is 0.429. The van der Waals surface area contributed by atoms with E-state index in [4.69, 9.17) is 0 Å². The molecule has 0 fully saturated rings. The number of hydrogen-bond donors (Lipinski definition) is 0. The largest absolute Gasteiger partial charge is 0.315 e. The van der Waals surface area contributed by atoms with Crippen LogP contribution in [0.2, 0.25) is 0 Å². The normalized spacial score (nSPS) is 15.1. The zero-order valence-electron chi connectivity index (χ0n) is 10.5. The smallest absolute Gasteiger partial charge is 0.227 e. The second-order valence-corrected chi connectivity index (χ2v) is 4.82. The third-order valence-electron chi connectivity index (χ3n) is 3.23. The molecule has 17 heavy (non-hydrogen) atoms. The Morgan fingerprint density at radius 2 is 2.00 bits per heavy atom. The highest BCUT2D eigenvalue weighted by Crippen LogP contribution is 2.28. The molecule has 1 amide bonds. The number of anilines is 1. The summed E-state index contributed by atoms with van der Waals surface area (Å²) in [7, 11) is 1.78. The van der Waals surface area contributed by atoms with Crippen LogP contribution in [-0.2, 0) is 11.2 Å². The van der Waals surface area contributed by atoms with Gasteiger partial charge in [-0.1, -0.05) is 13.8 Å². The van der Waals surface area contributed by atoms with E-state index in [-0.39, 0.29) is 17.6 Å². The van der Waals surface area contributed by atoms with Crippen molar-refractivity contribution < 1.29 is 9.59 Å². The maximum atomic E-state index is 11.9. The van der Waals surface area contributed by atoms with E-state index >= 15 is 0 Å². The summed E-state index contributed by atoms with van der Waals surface area (Å²) >= 11 is 0. The number of ketones is 1. The number of Topliss-reactive ketones (excluding diaryl/α,β-unsaturated/α-hetero) is 1. The topological polar surface area (TPSA) is 37.4 Å². The molecule has 0 aromatic heterocycles. The Morgan fingerprint density at radius 3 is 2.65 bits per heavy atom. The molecule has 0 aliphatic carbocycles. The Kier molecular flexibility index (Phi) is 3.01. The van der Waals surface area contributed by atoms with Gasteiger partial charge in [0, 0.05) is 30.6 Å². The summed E-state index contributed by atoms with van der Waals surface area (Å²) in [5, 5.41) is 0. The summed E-state index contributed by atoms with van der Waals surface area (Å²) < 4.78 is 0. The lowest BCUT2D eigenvalue weighted by atomic mass is 9.94. The van der Waals surface area contributed by atoms with Gasteiger partial charge in [0.25, 0.3) is 0 Å². The predicted octanol–water partition coefficient (Wildman–Crippen LogP) is 2.43. The van der Waals surface area contributed by atoms with Gasteiger partial charge >= 0.3 is 0 Å². The van der Waals surface area contributed by atoms with Crippen LogP contribution < -0.4 is 4.90 Å². The van der Waals surface area contributed by atoms with Crippen molar-refractivity contribution >= 4 is 17.4 Å². The van der Waals surface area contributed by atoms with E-state index in [9.17, 15) is 9.59 Å². The van der Waals surface area contributed by atoms with Crippen molar-refractivity contribution in [2.45, 2.75) is 26.7 Å². The van der Waals surface area contributed by atoms with E-state index in [1.54, 1.807) is 11.9 Å². The van der Waals surface area contributed by atoms with Gasteiger partial charge in [0.05, 0.1) is 0 Å². The molecule has 3 heteroatoms. The van der Waals surface area contributed by atoms with Crippen LogP contribution in [0.4, 0.5) is 5.69 Å². The fourth-order valence-corrected chi connectivity index (χ4v) is 2.14. The number of aryl methyl sites for hydroxylation is 1. The number of carbonyl (C=O) groups is 2. The number of fused-ring (bicyclic) bond motifs is 1. The van der Waals surface area contributed by atoms with Gasteiger partial charge in [0.15, 0.2) is 5.78 Å². The van der Waals surface area contributed by atoms with E-state index in [0.29, 0.717) is 6.42 Å². The molecule has 90 valence electrons. The molecular weight excluding hydrogens is 214 g/mol. The van der Waals surface area contributed by atoms with Crippen molar-refractivity contribution in [1.82, 2.24) is 0 Å². The average Bonchev–Trinajstić information content (AvgIpc) is 2.32. The molecule has 2 rings (SSSR count). The van der Waals surface area contributed by atoms with Crippen molar-refractivity contribution in [2.24, 2.45) is 5.92 Å². The third-order valence-corrected chi connectivity index (χ3v) is 3.23. The Bertz CT molecular complexity index is 477. The molecule has 0 atom stereocenters. The maximum absolute atomic E-state index is 11.9. The number of rotatable bonds is 2. The summed E-state index contributed by atoms with van der Waals surface area (Å²) in [5.74, 6) is 0.309. The highest BCUT2D eigenvalue weighted by atomic mass is 16.2. The third kappa shape index (κ3) is 2.09. The second-order valence-electron chi connectivity index (χ2n) is 4.82. The first-order valence-electron chi connectivity index (χ1n) is 5.94. The molecular formula is C14H17NO2. The molecule has 0 saturated carbocycles. The molecule has 1 aliphatic rings. The minimum absolute atomic E-state index is 0.0102. The van der Waals surface area contributed by atoms with Crippen LogP contribution in [0.25, 0.3) is 0 Å². The van der Waals surface area contributed by atoms with E-state index in [1.807, 2.05) is 32.0 Å². The average molecular weight is 231 g/mol. The first kappa shape index (κ1) is 11.8. The first-order valence-corrected chi connectivity index (χ1v) is 5.94. The number of carbonyl (C=O) groups excluding carboxylic acids is 2. The van der Waals surface area contributed by atoms with Gasteiger partial charge in [-0.25, -0.2) is 0 Å². The van der Waals surface area contributed by atoms with Crippen LogP contribution in [0.1, 0.15) is 36.2 Å². The van der Waals surface area contributed by atoms with Gasteiger partial charge in [-0.05, 0) is 30.2 Å². The monoisotopic (exact) mass is 231 g/mol. The quantitative estimate of drug-likeness (QED) is 0.733. The lowest BCUT2D eigenvalue weighted by molar-refractivity contribution is -0.118. The predicted molar refractivity (Wildman–Crippen MR) is 67.3 cm³/mol. The minimum atomic E-state index is 0.0102. The summed E-state index contributed by atoms with van der Waals surface area (Å²) in [6, 6.07) is 5.62. The van der Waals surface area contributed by atoms with Crippen molar-refractivity contribution in [3.05, 3.63) is 29.3 Å². The lowest BCUT2D eigenvalue weighted by Gasteiger charge is -2.26. The summed E-state index contributed by atoms with van der Waals surface area (Å²) in [6.45, 7) is 3.80. The van der Waals surface area contributed by atoms with Crippen LogP contribution in [0.5, 0.6) is 0 Å². The van der Waals surface area contributed by atoms with Crippen LogP contribution in [0, 0.1) is 5.92 Å². The highest BCUT2D eigenvalue weighted by Gasteiger charge is 2.22. The summed E-state index contributed by atoms with van der Waals surface area (Å²) in [5.41, 5.74) is 2.78. The van der Waals surface area contributed by atoms with E-state index in [2.05, 4.69) is 0 Å². The van der Waals surface area contributed by atoms with Crippen LogP contribution in [0.3, 0.4) is 0 Å². The van der Waals surface area contributed by atoms with Crippen molar-refractivity contribution in [3.63, 3.8) is 0 Å². The fourth-order valence-electron chi connectivity index (χ4n) is 2.14. The van der Waals surface area contributed by atoms with Crippen LogP contribution in [-0.4, -0.2) is 18.7 Å². The highest BCUT2D eigenvalue weighted by molar-refractivity contribution is 6.00. The molecule has 0 saturated heterocycles. The zero-order chi connectivity index (χ0) is 12.6. The molecule has 1 aromatic carbocycles. The van der Waals surface area contributed by atoms with Gasteiger partial charge in [-0.2, -0.15) is 0 Å². The van der Waals surface area contributed by atoms with E-state index < -0.39 is 0 Å². The first-order chi connectivity index (χ1) is 8.00. The number of nitrogens with zero attached hydrogens (tertiary/aromatic N) is 1. The molecule has 1 aliphatic heterocycles. The van der Waals surface area contributed by atoms with Crippen molar-refractivity contribution in [2.75, 3.05) is 11.9 Å². The number of hydrogen-bond acceptors (Lipinski definition) is 2. The number of amides is 1. The van der Waals surface area contributed by atoms with Crippen LogP contribution >= 0.6 is 0 Å². The molecule has 0 unspecified atom stereocenters. The molecule has 0 bridgehead atoms. The van der Waals surface area contributed by atoms with Gasteiger partial charge in [-0.3, -0.25) is 9.59 Å². The van der Waals surface area contributed by atoms with Crippen LogP contribution in [0.15, 0.2) is 18.2 Å². The molecule has 0 radical (unpaired) electrons. The van der Waals surface area contributed by atoms with E-state index in [0.717, 1.165) is 23.2 Å². The second kappa shape index (κ2) is 4.32. The Balaban J connectivity index is 2.39. The zero-order valence-corrected chi connectivity index (χ0v) is 10.5. The Labute approximate surface area is 101 Å². The van der Waals surface area contributed by atoms with Gasteiger partial charge in [0.1, 0.15) is 0 Å². The molecule has 0 N–H and O–H groups in total. The molecule has 3 nitrogen and oxygen atoms in total. The molecule has 1 heterocycles. The standard InChI is InChI=1S/C14H17NO2/c1-9(2)14(17)11-4-6-12-10(8-11)5-7-13(16)15(12)3/h4,6,8-9H,5,7H2,1-3H3. The maximum Gasteiger partial charge on any atom is 0.227 e. The van der Waals surface area contributed by atoms with Gasteiger partial charge in [0.2, 0.25) is 5.91 Å². The SMILES string of the molecule is CC(C)C(=O)c1ccc2c(c1)CCC(=O)N2C. The molecule has 0 spiro atoms. The molecule has 1 aromatic rings. The van der Waals surface area contributed by atoms with Crippen molar-refractivity contribution in [3.8, 4) is 0 Å². The Morgan fingerprint density at radius 1 is 1.29 bits per heavy atom. The van der Waals surface area contributed by atoms with Gasteiger partial charge < -0.3 is 4.90 Å². The summed E-state index contributed by atoms with van der Waals surface area (Å²) in [4.78, 5) is 25.1. The minimum Gasteiger partial charge on any atom is -0.315 e.